The number of carboxylic acids is 1. The van der Waals surface area contributed by atoms with Crippen LogP contribution in [0, 0.1) is 17.8 Å². The number of rotatable bonds is 7. The van der Waals surface area contributed by atoms with Crippen LogP contribution in [0.15, 0.2) is 30.3 Å². The molecule has 1 heterocycles. The van der Waals surface area contributed by atoms with Gasteiger partial charge < -0.3 is 14.9 Å². The van der Waals surface area contributed by atoms with Crippen molar-refractivity contribution in [2.24, 2.45) is 17.8 Å². The first-order chi connectivity index (χ1) is 12.0. The number of piperidine rings is 1. The molecule has 0 aromatic heterocycles. The van der Waals surface area contributed by atoms with Crippen molar-refractivity contribution < 1.29 is 14.7 Å². The van der Waals surface area contributed by atoms with Gasteiger partial charge in [0.15, 0.2) is 0 Å². The van der Waals surface area contributed by atoms with Crippen LogP contribution in [-0.4, -0.2) is 48.6 Å². The third-order valence-corrected chi connectivity index (χ3v) is 5.60. The summed E-state index contributed by atoms with van der Waals surface area (Å²) in [4.78, 5) is 27.8. The van der Waals surface area contributed by atoms with E-state index < -0.39 is 5.97 Å². The third-order valence-electron chi connectivity index (χ3n) is 5.60. The molecule has 0 bridgehead atoms. The first-order valence-corrected chi connectivity index (χ1v) is 9.31. The maximum Gasteiger partial charge on any atom is 0.303 e. The standard InChI is InChI=1S/C20H28N2O3/c1-21(18-5-3-2-4-6-18)11-9-17-14-22(20(25)15-7-8-15)12-10-16(17)13-19(23)24/h2-6,15-17H,7-14H2,1H3,(H,23,24). The van der Waals surface area contributed by atoms with Gasteiger partial charge in [-0.2, -0.15) is 0 Å². The number of hydrogen-bond donors (Lipinski definition) is 1. The molecule has 3 rings (SSSR count). The summed E-state index contributed by atoms with van der Waals surface area (Å²) in [6.07, 6.45) is 3.98. The van der Waals surface area contributed by atoms with Gasteiger partial charge in [-0.05, 0) is 49.7 Å². The number of amides is 1. The maximum atomic E-state index is 12.4. The Balaban J connectivity index is 1.60. The summed E-state index contributed by atoms with van der Waals surface area (Å²) in [7, 11) is 2.07. The molecule has 1 amide bonds. The lowest BCUT2D eigenvalue weighted by atomic mass is 9.81. The van der Waals surface area contributed by atoms with E-state index in [1.165, 1.54) is 5.69 Å². The minimum absolute atomic E-state index is 0.171. The van der Waals surface area contributed by atoms with Gasteiger partial charge >= 0.3 is 5.97 Å². The fourth-order valence-corrected chi connectivity index (χ4v) is 3.86. The average molecular weight is 344 g/mol. The van der Waals surface area contributed by atoms with E-state index in [1.807, 2.05) is 23.1 Å². The lowest BCUT2D eigenvalue weighted by molar-refractivity contribution is -0.140. The van der Waals surface area contributed by atoms with Crippen molar-refractivity contribution in [3.8, 4) is 0 Å². The van der Waals surface area contributed by atoms with Gasteiger partial charge in [-0.25, -0.2) is 0 Å². The molecule has 5 nitrogen and oxygen atoms in total. The highest BCUT2D eigenvalue weighted by Crippen LogP contribution is 2.35. The zero-order chi connectivity index (χ0) is 17.8. The molecule has 1 aromatic rings. The Morgan fingerprint density at radius 3 is 2.52 bits per heavy atom. The molecular weight excluding hydrogens is 316 g/mol. The van der Waals surface area contributed by atoms with Crippen molar-refractivity contribution in [2.45, 2.75) is 32.1 Å². The van der Waals surface area contributed by atoms with Crippen LogP contribution in [0.4, 0.5) is 5.69 Å². The number of carboxylic acid groups (broad SMARTS) is 1. The molecule has 1 aromatic carbocycles. The summed E-state index contributed by atoms with van der Waals surface area (Å²) >= 11 is 0. The Bertz CT molecular complexity index is 600. The van der Waals surface area contributed by atoms with Crippen LogP contribution in [0.1, 0.15) is 32.1 Å². The second kappa shape index (κ2) is 7.89. The Morgan fingerprint density at radius 2 is 1.88 bits per heavy atom. The first-order valence-electron chi connectivity index (χ1n) is 9.31. The van der Waals surface area contributed by atoms with Gasteiger partial charge in [0.05, 0.1) is 0 Å². The normalized spacial score (nSPS) is 23.3. The smallest absolute Gasteiger partial charge is 0.303 e. The molecule has 1 aliphatic heterocycles. The molecule has 1 saturated heterocycles. The predicted molar refractivity (Wildman–Crippen MR) is 97.5 cm³/mol. The van der Waals surface area contributed by atoms with Gasteiger partial charge in [0, 0.05) is 44.7 Å². The molecule has 0 spiro atoms. The average Bonchev–Trinajstić information content (AvgIpc) is 3.45. The SMILES string of the molecule is CN(CCC1CN(C(=O)C2CC2)CCC1CC(=O)O)c1ccccc1. The second-order valence-corrected chi connectivity index (χ2v) is 7.51. The number of likely N-dealkylation sites (tertiary alicyclic amines) is 1. The number of benzene rings is 1. The Hall–Kier alpha value is -2.04. The third kappa shape index (κ3) is 4.74. The van der Waals surface area contributed by atoms with Crippen molar-refractivity contribution >= 4 is 17.6 Å². The zero-order valence-electron chi connectivity index (χ0n) is 14.9. The van der Waals surface area contributed by atoms with Crippen LogP contribution >= 0.6 is 0 Å². The van der Waals surface area contributed by atoms with Crippen LogP contribution in [0.25, 0.3) is 0 Å². The first kappa shape index (κ1) is 17.8. The molecular formula is C20H28N2O3. The highest BCUT2D eigenvalue weighted by Gasteiger charge is 2.38. The minimum atomic E-state index is -0.728. The van der Waals surface area contributed by atoms with Gasteiger partial charge in [-0.3, -0.25) is 9.59 Å². The molecule has 2 atom stereocenters. The van der Waals surface area contributed by atoms with Crippen LogP contribution in [0.3, 0.4) is 0 Å². The quantitative estimate of drug-likeness (QED) is 0.826. The van der Waals surface area contributed by atoms with Crippen LogP contribution in [-0.2, 0) is 9.59 Å². The summed E-state index contributed by atoms with van der Waals surface area (Å²) in [5.74, 6) is 0.232. The summed E-state index contributed by atoms with van der Waals surface area (Å²) in [6, 6.07) is 10.2. The molecule has 5 heteroatoms. The van der Waals surface area contributed by atoms with Gasteiger partial charge in [0.2, 0.25) is 5.91 Å². The van der Waals surface area contributed by atoms with E-state index >= 15 is 0 Å². The highest BCUT2D eigenvalue weighted by molar-refractivity contribution is 5.81. The topological polar surface area (TPSA) is 60.9 Å². The zero-order valence-corrected chi connectivity index (χ0v) is 14.9. The molecule has 0 radical (unpaired) electrons. The number of hydrogen-bond acceptors (Lipinski definition) is 3. The lowest BCUT2D eigenvalue weighted by Crippen LogP contribution is -2.45. The van der Waals surface area contributed by atoms with E-state index in [2.05, 4.69) is 24.1 Å². The number of para-hydroxylation sites is 1. The maximum absolute atomic E-state index is 12.4. The van der Waals surface area contributed by atoms with Crippen molar-refractivity contribution in [3.63, 3.8) is 0 Å². The molecule has 2 unspecified atom stereocenters. The summed E-state index contributed by atoms with van der Waals surface area (Å²) < 4.78 is 0. The number of nitrogens with zero attached hydrogens (tertiary/aromatic N) is 2. The van der Waals surface area contributed by atoms with Gasteiger partial charge in [0.1, 0.15) is 0 Å². The van der Waals surface area contributed by atoms with Gasteiger partial charge in [0.25, 0.3) is 0 Å². The van der Waals surface area contributed by atoms with Crippen LogP contribution in [0.5, 0.6) is 0 Å². The minimum Gasteiger partial charge on any atom is -0.481 e. The van der Waals surface area contributed by atoms with Crippen LogP contribution < -0.4 is 4.90 Å². The molecule has 1 aliphatic carbocycles. The molecule has 1 saturated carbocycles. The fourth-order valence-electron chi connectivity index (χ4n) is 3.86. The second-order valence-electron chi connectivity index (χ2n) is 7.51. The van der Waals surface area contributed by atoms with E-state index in [0.717, 1.165) is 45.3 Å². The molecule has 136 valence electrons. The van der Waals surface area contributed by atoms with Crippen molar-refractivity contribution in [2.75, 3.05) is 31.6 Å². The summed E-state index contributed by atoms with van der Waals surface area (Å²) in [6.45, 7) is 2.31. The van der Waals surface area contributed by atoms with Crippen molar-refractivity contribution in [3.05, 3.63) is 30.3 Å². The van der Waals surface area contributed by atoms with Gasteiger partial charge in [-0.15, -0.1) is 0 Å². The Kier molecular flexibility index (Phi) is 5.61. The predicted octanol–water partition coefficient (Wildman–Crippen LogP) is 2.86. The van der Waals surface area contributed by atoms with Gasteiger partial charge in [-0.1, -0.05) is 18.2 Å². The number of aliphatic carboxylic acids is 1. The van der Waals surface area contributed by atoms with E-state index in [9.17, 15) is 14.7 Å². The molecule has 2 aliphatic rings. The van der Waals surface area contributed by atoms with Crippen molar-refractivity contribution in [1.29, 1.82) is 0 Å². The Morgan fingerprint density at radius 1 is 1.16 bits per heavy atom. The number of anilines is 1. The fraction of sp³-hybridized carbons (Fsp3) is 0.600. The largest absolute Gasteiger partial charge is 0.481 e. The Labute approximate surface area is 149 Å². The highest BCUT2D eigenvalue weighted by atomic mass is 16.4. The number of carbonyl (C=O) groups excluding carboxylic acids is 1. The van der Waals surface area contributed by atoms with E-state index in [-0.39, 0.29) is 30.1 Å². The molecule has 1 N–H and O–H groups in total. The number of carbonyl (C=O) groups is 2. The van der Waals surface area contributed by atoms with Crippen LogP contribution in [0.2, 0.25) is 0 Å². The molecule has 2 fully saturated rings. The van der Waals surface area contributed by atoms with E-state index in [0.29, 0.717) is 0 Å². The molecule has 25 heavy (non-hydrogen) atoms. The monoisotopic (exact) mass is 344 g/mol. The summed E-state index contributed by atoms with van der Waals surface area (Å²) in [5, 5.41) is 9.22. The van der Waals surface area contributed by atoms with E-state index in [4.69, 9.17) is 0 Å². The lowest BCUT2D eigenvalue weighted by Gasteiger charge is -2.39. The van der Waals surface area contributed by atoms with E-state index in [1.54, 1.807) is 0 Å². The summed E-state index contributed by atoms with van der Waals surface area (Å²) in [5.41, 5.74) is 1.17. The van der Waals surface area contributed by atoms with Crippen molar-refractivity contribution in [1.82, 2.24) is 4.90 Å².